The second kappa shape index (κ2) is 62.9. The first-order chi connectivity index (χ1) is 35.6. The largest absolute Gasteiger partial charge is 0.462 e. The predicted octanol–water partition coefficient (Wildman–Crippen LogP) is 21.8. The van der Waals surface area contributed by atoms with Gasteiger partial charge in [0.25, 0.3) is 0 Å². The Balaban J connectivity index is 3.37. The quantitative estimate of drug-likeness (QED) is 0.0373. The molecule has 0 spiro atoms. The Morgan fingerprint density at radius 1 is 0.333 bits per heavy atom. The number of carbonyl (C=O) groups is 2. The first-order valence-electron chi connectivity index (χ1n) is 31.8. The monoisotopic (exact) mass is 1010 g/mol. The molecule has 0 saturated heterocycles. The van der Waals surface area contributed by atoms with Crippen LogP contribution in [0, 0.1) is 0 Å². The number of ether oxygens (including phenoxy) is 2. The van der Waals surface area contributed by atoms with Gasteiger partial charge < -0.3 is 14.6 Å². The fourth-order valence-electron chi connectivity index (χ4n) is 9.55. The van der Waals surface area contributed by atoms with Crippen LogP contribution in [-0.4, -0.2) is 36.4 Å². The van der Waals surface area contributed by atoms with E-state index in [0.717, 1.165) is 64.2 Å². The summed E-state index contributed by atoms with van der Waals surface area (Å²) < 4.78 is 10.7. The smallest absolute Gasteiger partial charge is 0.306 e. The molecule has 0 radical (unpaired) electrons. The maximum atomic E-state index is 12.3. The van der Waals surface area contributed by atoms with E-state index in [1.54, 1.807) is 0 Å². The van der Waals surface area contributed by atoms with E-state index < -0.39 is 6.10 Å². The van der Waals surface area contributed by atoms with Gasteiger partial charge in [0.1, 0.15) is 6.61 Å². The molecule has 1 unspecified atom stereocenters. The molecule has 1 N–H and O–H groups in total. The molecular formula is C67H122O5. The molecule has 0 aromatic carbocycles. The lowest BCUT2D eigenvalue weighted by atomic mass is 10.0. The van der Waals surface area contributed by atoms with Gasteiger partial charge in [0.05, 0.1) is 6.61 Å². The number of hydrogen-bond donors (Lipinski definition) is 1. The minimum absolute atomic E-state index is 0.0638. The fourth-order valence-corrected chi connectivity index (χ4v) is 9.55. The lowest BCUT2D eigenvalue weighted by Crippen LogP contribution is -2.28. The van der Waals surface area contributed by atoms with Crippen LogP contribution in [0.5, 0.6) is 0 Å². The molecule has 5 heteroatoms. The van der Waals surface area contributed by atoms with Crippen molar-refractivity contribution in [2.75, 3.05) is 13.2 Å². The number of carbonyl (C=O) groups excluding carboxylic acids is 2. The molecule has 0 fully saturated rings. The first-order valence-corrected chi connectivity index (χ1v) is 31.8. The molecule has 72 heavy (non-hydrogen) atoms. The topological polar surface area (TPSA) is 72.8 Å². The van der Waals surface area contributed by atoms with Crippen molar-refractivity contribution >= 4 is 11.9 Å². The van der Waals surface area contributed by atoms with Crippen LogP contribution >= 0.6 is 0 Å². The van der Waals surface area contributed by atoms with Crippen molar-refractivity contribution in [2.24, 2.45) is 0 Å². The maximum Gasteiger partial charge on any atom is 0.306 e. The molecule has 5 nitrogen and oxygen atoms in total. The minimum atomic E-state index is -0.772. The normalized spacial score (nSPS) is 12.5. The van der Waals surface area contributed by atoms with Gasteiger partial charge in [0, 0.05) is 12.8 Å². The van der Waals surface area contributed by atoms with Crippen LogP contribution in [0.25, 0.3) is 0 Å². The van der Waals surface area contributed by atoms with E-state index in [1.165, 1.54) is 244 Å². The number of esters is 2. The van der Waals surface area contributed by atoms with Gasteiger partial charge in [0.2, 0.25) is 0 Å². The van der Waals surface area contributed by atoms with Crippen LogP contribution in [0.2, 0.25) is 0 Å². The summed E-state index contributed by atoms with van der Waals surface area (Å²) in [5, 5.41) is 9.66. The summed E-state index contributed by atoms with van der Waals surface area (Å²) in [6, 6.07) is 0. The van der Waals surface area contributed by atoms with Gasteiger partial charge in [-0.15, -0.1) is 0 Å². The average Bonchev–Trinajstić information content (AvgIpc) is 3.38. The zero-order valence-corrected chi connectivity index (χ0v) is 48.2. The van der Waals surface area contributed by atoms with Gasteiger partial charge in [0.15, 0.2) is 6.10 Å². The molecule has 0 heterocycles. The highest BCUT2D eigenvalue weighted by atomic mass is 16.6. The Morgan fingerprint density at radius 3 is 0.917 bits per heavy atom. The minimum Gasteiger partial charge on any atom is -0.462 e. The Morgan fingerprint density at radius 2 is 0.597 bits per heavy atom. The van der Waals surface area contributed by atoms with E-state index in [-0.39, 0.29) is 25.2 Å². The highest BCUT2D eigenvalue weighted by Gasteiger charge is 2.16. The van der Waals surface area contributed by atoms with E-state index >= 15 is 0 Å². The Kier molecular flexibility index (Phi) is 60.8. The highest BCUT2D eigenvalue weighted by molar-refractivity contribution is 5.70. The maximum absolute atomic E-state index is 12.3. The second-order valence-electron chi connectivity index (χ2n) is 21.5. The van der Waals surface area contributed by atoms with Crippen LogP contribution < -0.4 is 0 Å². The fraction of sp³-hybridized carbons (Fsp3) is 0.821. The summed E-state index contributed by atoms with van der Waals surface area (Å²) in [4.78, 5) is 24.5. The second-order valence-corrected chi connectivity index (χ2v) is 21.5. The summed E-state index contributed by atoms with van der Waals surface area (Å²) in [6.07, 6.45) is 85.3. The van der Waals surface area contributed by atoms with Gasteiger partial charge in [-0.25, -0.2) is 0 Å². The molecule has 0 amide bonds. The third-order valence-electron chi connectivity index (χ3n) is 14.3. The Bertz CT molecular complexity index is 1230. The Hall–Kier alpha value is -2.40. The number of hydrogen-bond acceptors (Lipinski definition) is 5. The SMILES string of the molecule is CC/C=C\C/C=C\C/C=C\C/C=C\CCCCCCCCCCCCCCCCCCCCCCCCCCCCCCC(=O)OC(CO)COC(=O)CCCCCCCCC/C=C\CCCCCCCC. The van der Waals surface area contributed by atoms with Gasteiger partial charge >= 0.3 is 11.9 Å². The van der Waals surface area contributed by atoms with Crippen molar-refractivity contribution in [1.82, 2.24) is 0 Å². The van der Waals surface area contributed by atoms with Crippen molar-refractivity contribution in [1.29, 1.82) is 0 Å². The summed E-state index contributed by atoms with van der Waals surface area (Å²) >= 11 is 0. The lowest BCUT2D eigenvalue weighted by molar-refractivity contribution is -0.161. The van der Waals surface area contributed by atoms with Crippen molar-refractivity contribution in [2.45, 2.75) is 341 Å². The molecule has 0 rings (SSSR count). The molecule has 0 saturated carbocycles. The number of allylic oxidation sites excluding steroid dienone is 10. The van der Waals surface area contributed by atoms with E-state index in [0.29, 0.717) is 12.8 Å². The zero-order chi connectivity index (χ0) is 52.0. The van der Waals surface area contributed by atoms with E-state index in [2.05, 4.69) is 74.6 Å². The average molecular weight is 1010 g/mol. The van der Waals surface area contributed by atoms with Crippen molar-refractivity contribution < 1.29 is 24.2 Å². The van der Waals surface area contributed by atoms with Gasteiger partial charge in [-0.2, -0.15) is 0 Å². The number of aliphatic hydroxyl groups is 1. The van der Waals surface area contributed by atoms with Crippen LogP contribution in [0.15, 0.2) is 60.8 Å². The number of rotatable bonds is 59. The van der Waals surface area contributed by atoms with Crippen molar-refractivity contribution in [3.63, 3.8) is 0 Å². The molecule has 0 bridgehead atoms. The van der Waals surface area contributed by atoms with E-state index in [4.69, 9.17) is 9.47 Å². The van der Waals surface area contributed by atoms with E-state index in [9.17, 15) is 14.7 Å². The third kappa shape index (κ3) is 60.2. The van der Waals surface area contributed by atoms with Crippen LogP contribution in [0.1, 0.15) is 335 Å². The van der Waals surface area contributed by atoms with Crippen molar-refractivity contribution in [3.8, 4) is 0 Å². The lowest BCUT2D eigenvalue weighted by Gasteiger charge is -2.15. The summed E-state index contributed by atoms with van der Waals surface area (Å²) in [5.74, 6) is -0.579. The molecule has 1 atom stereocenters. The molecular weight excluding hydrogens is 885 g/mol. The van der Waals surface area contributed by atoms with Crippen molar-refractivity contribution in [3.05, 3.63) is 60.8 Å². The molecule has 0 aliphatic heterocycles. The summed E-state index contributed by atoms with van der Waals surface area (Å²) in [5.41, 5.74) is 0. The number of unbranched alkanes of at least 4 members (excludes halogenated alkanes) is 41. The van der Waals surface area contributed by atoms with Crippen LogP contribution in [-0.2, 0) is 19.1 Å². The standard InChI is InChI=1S/C67H122O5/c1-3-5-7-9-11-13-15-17-19-21-22-23-24-25-26-27-28-29-30-31-32-33-34-35-36-37-38-39-40-41-42-43-44-46-48-50-52-54-56-58-60-62-67(70)72-65(63-68)64-71-66(69)61-59-57-55-53-51-49-47-45-20-18-16-14-12-10-8-6-4-2/h5,7,11,13,17-20,22-23,65,68H,3-4,6,8-10,12,14-16,21,24-64H2,1-2H3/b7-5-,13-11-,19-17-,20-18-,23-22-. The summed E-state index contributed by atoms with van der Waals surface area (Å²) in [6.45, 7) is 4.06. The van der Waals surface area contributed by atoms with Gasteiger partial charge in [-0.05, 0) is 77.0 Å². The first kappa shape index (κ1) is 69.6. The molecule has 0 aromatic rings. The van der Waals surface area contributed by atoms with E-state index in [1.807, 2.05) is 0 Å². The highest BCUT2D eigenvalue weighted by Crippen LogP contribution is 2.18. The Labute approximate surface area is 449 Å². The molecule has 0 aliphatic rings. The van der Waals surface area contributed by atoms with Crippen LogP contribution in [0.3, 0.4) is 0 Å². The number of aliphatic hydroxyl groups excluding tert-OH is 1. The zero-order valence-electron chi connectivity index (χ0n) is 48.2. The molecule has 0 aromatic heterocycles. The third-order valence-corrected chi connectivity index (χ3v) is 14.3. The predicted molar refractivity (Wildman–Crippen MR) is 316 cm³/mol. The summed E-state index contributed by atoms with van der Waals surface area (Å²) in [7, 11) is 0. The van der Waals surface area contributed by atoms with Gasteiger partial charge in [-0.3, -0.25) is 9.59 Å². The van der Waals surface area contributed by atoms with Crippen LogP contribution in [0.4, 0.5) is 0 Å². The molecule has 0 aliphatic carbocycles. The molecule has 420 valence electrons. The van der Waals surface area contributed by atoms with Gasteiger partial charge in [-0.1, -0.05) is 306 Å².